The van der Waals surface area contributed by atoms with E-state index < -0.39 is 5.54 Å². The maximum absolute atomic E-state index is 11.9. The second-order valence-corrected chi connectivity index (χ2v) is 5.85. The zero-order chi connectivity index (χ0) is 14.3. The molecule has 3 N–H and O–H groups in total. The quantitative estimate of drug-likeness (QED) is 0.696. The number of hydrogen-bond acceptors (Lipinski definition) is 3. The van der Waals surface area contributed by atoms with Crippen LogP contribution in [0.3, 0.4) is 0 Å². The van der Waals surface area contributed by atoms with E-state index in [0.29, 0.717) is 18.6 Å². The lowest BCUT2D eigenvalue weighted by Gasteiger charge is -2.31. The summed E-state index contributed by atoms with van der Waals surface area (Å²) in [6.45, 7) is 14.1. The average Bonchev–Trinajstić information content (AvgIpc) is 2.22. The molecule has 4 heteroatoms. The Balaban J connectivity index is 4.14. The highest BCUT2D eigenvalue weighted by molar-refractivity contribution is 5.85. The lowest BCUT2D eigenvalue weighted by Crippen LogP contribution is -2.53. The first-order chi connectivity index (χ1) is 8.22. The molecule has 0 aromatic carbocycles. The molecule has 0 aliphatic rings. The van der Waals surface area contributed by atoms with Crippen LogP contribution in [0, 0.1) is 0 Å². The zero-order valence-corrected chi connectivity index (χ0v) is 12.9. The molecule has 0 aliphatic carbocycles. The molecule has 0 spiro atoms. The SMILES string of the molecule is CCCC(C)(N)C(=O)NCCN(C(C)C)C(C)C. The van der Waals surface area contributed by atoms with Gasteiger partial charge in [-0.2, -0.15) is 0 Å². The Kier molecular flexibility index (Phi) is 7.48. The summed E-state index contributed by atoms with van der Waals surface area (Å²) >= 11 is 0. The minimum atomic E-state index is -0.741. The first-order valence-corrected chi connectivity index (χ1v) is 7.05. The molecule has 0 saturated carbocycles. The van der Waals surface area contributed by atoms with Crippen molar-refractivity contribution < 1.29 is 4.79 Å². The Morgan fingerprint density at radius 1 is 1.28 bits per heavy atom. The van der Waals surface area contributed by atoms with Gasteiger partial charge in [-0.25, -0.2) is 0 Å². The minimum absolute atomic E-state index is 0.0446. The van der Waals surface area contributed by atoms with Gasteiger partial charge in [-0.15, -0.1) is 0 Å². The Morgan fingerprint density at radius 3 is 2.17 bits per heavy atom. The molecule has 1 amide bonds. The maximum Gasteiger partial charge on any atom is 0.239 e. The third kappa shape index (κ3) is 5.83. The van der Waals surface area contributed by atoms with Gasteiger partial charge in [0.1, 0.15) is 0 Å². The molecule has 18 heavy (non-hydrogen) atoms. The van der Waals surface area contributed by atoms with Crippen LogP contribution in [-0.2, 0) is 4.79 Å². The highest BCUT2D eigenvalue weighted by Crippen LogP contribution is 2.08. The summed E-state index contributed by atoms with van der Waals surface area (Å²) in [5.41, 5.74) is 5.24. The van der Waals surface area contributed by atoms with E-state index in [2.05, 4.69) is 37.9 Å². The van der Waals surface area contributed by atoms with Gasteiger partial charge in [0.15, 0.2) is 0 Å². The van der Waals surface area contributed by atoms with Crippen molar-refractivity contribution in [3.63, 3.8) is 0 Å². The Labute approximate surface area is 112 Å². The van der Waals surface area contributed by atoms with Gasteiger partial charge in [-0.3, -0.25) is 9.69 Å². The summed E-state index contributed by atoms with van der Waals surface area (Å²) in [6, 6.07) is 0.976. The van der Waals surface area contributed by atoms with Crippen LogP contribution in [-0.4, -0.2) is 41.5 Å². The fourth-order valence-electron chi connectivity index (χ4n) is 2.25. The van der Waals surface area contributed by atoms with Gasteiger partial charge in [0, 0.05) is 25.2 Å². The van der Waals surface area contributed by atoms with E-state index in [-0.39, 0.29) is 5.91 Å². The molecule has 0 rings (SSSR count). The van der Waals surface area contributed by atoms with Crippen LogP contribution in [0.5, 0.6) is 0 Å². The highest BCUT2D eigenvalue weighted by Gasteiger charge is 2.26. The fourth-order valence-corrected chi connectivity index (χ4v) is 2.25. The number of hydrogen-bond donors (Lipinski definition) is 2. The zero-order valence-electron chi connectivity index (χ0n) is 12.9. The molecule has 0 saturated heterocycles. The van der Waals surface area contributed by atoms with Gasteiger partial charge in [0.05, 0.1) is 5.54 Å². The van der Waals surface area contributed by atoms with E-state index >= 15 is 0 Å². The topological polar surface area (TPSA) is 58.4 Å². The van der Waals surface area contributed by atoms with E-state index in [9.17, 15) is 4.79 Å². The molecule has 0 aromatic heterocycles. The van der Waals surface area contributed by atoms with Gasteiger partial charge in [0.2, 0.25) is 5.91 Å². The lowest BCUT2D eigenvalue weighted by atomic mass is 9.96. The monoisotopic (exact) mass is 257 g/mol. The lowest BCUT2D eigenvalue weighted by molar-refractivity contribution is -0.126. The van der Waals surface area contributed by atoms with Crippen LogP contribution in [0.15, 0.2) is 0 Å². The molecule has 108 valence electrons. The smallest absolute Gasteiger partial charge is 0.239 e. The van der Waals surface area contributed by atoms with Gasteiger partial charge in [-0.05, 0) is 41.0 Å². The van der Waals surface area contributed by atoms with Gasteiger partial charge >= 0.3 is 0 Å². The molecule has 1 unspecified atom stereocenters. The molecular weight excluding hydrogens is 226 g/mol. The second kappa shape index (κ2) is 7.74. The molecule has 0 radical (unpaired) electrons. The Hall–Kier alpha value is -0.610. The standard InChI is InChI=1S/C14H31N3O/c1-7-8-14(6,15)13(18)16-9-10-17(11(2)3)12(4)5/h11-12H,7-10,15H2,1-6H3,(H,16,18). The first-order valence-electron chi connectivity index (χ1n) is 7.05. The van der Waals surface area contributed by atoms with E-state index in [0.717, 1.165) is 19.4 Å². The summed E-state index contributed by atoms with van der Waals surface area (Å²) in [4.78, 5) is 14.3. The summed E-state index contributed by atoms with van der Waals surface area (Å²) in [5.74, 6) is -0.0446. The number of nitrogens with one attached hydrogen (secondary N) is 1. The van der Waals surface area contributed by atoms with Crippen molar-refractivity contribution in [3.8, 4) is 0 Å². The van der Waals surface area contributed by atoms with Crippen LogP contribution in [0.4, 0.5) is 0 Å². The molecule has 0 heterocycles. The number of rotatable bonds is 8. The summed E-state index contributed by atoms with van der Waals surface area (Å²) < 4.78 is 0. The van der Waals surface area contributed by atoms with Crippen LogP contribution in [0.1, 0.15) is 54.4 Å². The van der Waals surface area contributed by atoms with E-state index in [1.807, 2.05) is 6.92 Å². The largest absolute Gasteiger partial charge is 0.353 e. The molecule has 4 nitrogen and oxygen atoms in total. The predicted octanol–water partition coefficient (Wildman–Crippen LogP) is 1.74. The molecule has 0 bridgehead atoms. The number of carbonyl (C=O) groups is 1. The second-order valence-electron chi connectivity index (χ2n) is 5.85. The number of amides is 1. The first kappa shape index (κ1) is 17.4. The normalized spacial score (nSPS) is 15.2. The summed E-state index contributed by atoms with van der Waals surface area (Å²) in [7, 11) is 0. The van der Waals surface area contributed by atoms with Crippen molar-refractivity contribution >= 4 is 5.91 Å². The van der Waals surface area contributed by atoms with E-state index in [1.165, 1.54) is 0 Å². The highest BCUT2D eigenvalue weighted by atomic mass is 16.2. The number of nitrogens with two attached hydrogens (primary N) is 1. The van der Waals surface area contributed by atoms with Crippen LogP contribution in [0.2, 0.25) is 0 Å². The molecule has 0 aliphatic heterocycles. The van der Waals surface area contributed by atoms with Crippen molar-refractivity contribution in [2.45, 2.75) is 72.0 Å². The Bertz CT molecular complexity index is 241. The van der Waals surface area contributed by atoms with E-state index in [4.69, 9.17) is 5.73 Å². The molecule has 1 atom stereocenters. The summed E-state index contributed by atoms with van der Waals surface area (Å²) in [5, 5.41) is 2.94. The van der Waals surface area contributed by atoms with Crippen molar-refractivity contribution in [3.05, 3.63) is 0 Å². The van der Waals surface area contributed by atoms with Crippen LogP contribution < -0.4 is 11.1 Å². The Morgan fingerprint density at radius 2 is 1.78 bits per heavy atom. The van der Waals surface area contributed by atoms with E-state index in [1.54, 1.807) is 6.92 Å². The summed E-state index contributed by atoms with van der Waals surface area (Å²) in [6.07, 6.45) is 1.64. The van der Waals surface area contributed by atoms with Crippen LogP contribution in [0.25, 0.3) is 0 Å². The third-order valence-corrected chi connectivity index (χ3v) is 3.27. The molecule has 0 fully saturated rings. The van der Waals surface area contributed by atoms with Gasteiger partial charge < -0.3 is 11.1 Å². The van der Waals surface area contributed by atoms with Gasteiger partial charge in [0.25, 0.3) is 0 Å². The van der Waals surface area contributed by atoms with Crippen molar-refractivity contribution in [1.82, 2.24) is 10.2 Å². The average molecular weight is 257 g/mol. The van der Waals surface area contributed by atoms with Crippen molar-refractivity contribution in [2.24, 2.45) is 5.73 Å². The fraction of sp³-hybridized carbons (Fsp3) is 0.929. The van der Waals surface area contributed by atoms with Crippen LogP contribution >= 0.6 is 0 Å². The van der Waals surface area contributed by atoms with Crippen molar-refractivity contribution in [2.75, 3.05) is 13.1 Å². The maximum atomic E-state index is 11.9. The third-order valence-electron chi connectivity index (χ3n) is 3.27. The minimum Gasteiger partial charge on any atom is -0.353 e. The number of nitrogens with zero attached hydrogens (tertiary/aromatic N) is 1. The molecule has 0 aromatic rings. The van der Waals surface area contributed by atoms with Gasteiger partial charge in [-0.1, -0.05) is 13.3 Å². The molecular formula is C14H31N3O. The van der Waals surface area contributed by atoms with Crippen molar-refractivity contribution in [1.29, 1.82) is 0 Å². The predicted molar refractivity (Wildman–Crippen MR) is 77.5 cm³/mol. The number of carbonyl (C=O) groups excluding carboxylic acids is 1.